The van der Waals surface area contributed by atoms with Crippen LogP contribution in [0.1, 0.15) is 46.0 Å². The van der Waals surface area contributed by atoms with Gasteiger partial charge in [0.2, 0.25) is 5.78 Å². The van der Waals surface area contributed by atoms with Crippen molar-refractivity contribution in [3.8, 4) is 0 Å². The van der Waals surface area contributed by atoms with Crippen LogP contribution in [-0.4, -0.2) is 40.0 Å². The van der Waals surface area contributed by atoms with Crippen molar-refractivity contribution in [1.29, 1.82) is 0 Å². The van der Waals surface area contributed by atoms with Gasteiger partial charge in [-0.1, -0.05) is 18.2 Å². The summed E-state index contributed by atoms with van der Waals surface area (Å²) in [6.45, 7) is 7.01. The lowest BCUT2D eigenvalue weighted by Gasteiger charge is -2.14. The van der Waals surface area contributed by atoms with Crippen LogP contribution in [0.2, 0.25) is 0 Å². The Kier molecular flexibility index (Phi) is 5.87. The first kappa shape index (κ1) is 20.4. The summed E-state index contributed by atoms with van der Waals surface area (Å²) in [6, 6.07) is 9.13. The molecule has 29 heavy (non-hydrogen) atoms. The fraction of sp³-hybridized carbons (Fsp3) is 0.318. The van der Waals surface area contributed by atoms with E-state index >= 15 is 0 Å². The highest BCUT2D eigenvalue weighted by atomic mass is 16.5. The summed E-state index contributed by atoms with van der Waals surface area (Å²) < 4.78 is 12.1. The third kappa shape index (κ3) is 4.08. The van der Waals surface area contributed by atoms with E-state index in [2.05, 4.69) is 4.98 Å². The van der Waals surface area contributed by atoms with Crippen LogP contribution < -0.4 is 0 Å². The van der Waals surface area contributed by atoms with E-state index in [1.807, 2.05) is 24.3 Å². The Morgan fingerprint density at radius 3 is 2.59 bits per heavy atom. The van der Waals surface area contributed by atoms with Crippen LogP contribution in [0.3, 0.4) is 0 Å². The van der Waals surface area contributed by atoms with E-state index in [4.69, 9.17) is 9.47 Å². The van der Waals surface area contributed by atoms with E-state index in [1.165, 1.54) is 0 Å². The number of rotatable bonds is 7. The van der Waals surface area contributed by atoms with E-state index in [1.54, 1.807) is 44.5 Å². The molecule has 0 aliphatic rings. The topological polar surface area (TPSA) is 90.4 Å². The molecule has 0 amide bonds. The minimum Gasteiger partial charge on any atom is -0.462 e. The maximum absolute atomic E-state index is 12.7. The Labute approximate surface area is 168 Å². The number of carbonyl (C=O) groups is 3. The number of para-hydroxylation sites is 1. The van der Waals surface area contributed by atoms with Crippen molar-refractivity contribution >= 4 is 28.6 Å². The normalized spacial score (nSPS) is 12.0. The number of aryl methyl sites for hydroxylation is 1. The Morgan fingerprint density at radius 1 is 1.14 bits per heavy atom. The number of benzene rings is 1. The average molecular weight is 396 g/mol. The number of nitrogens with zero attached hydrogens (tertiary/aromatic N) is 1. The Morgan fingerprint density at radius 2 is 1.86 bits per heavy atom. The van der Waals surface area contributed by atoms with E-state index in [-0.39, 0.29) is 18.9 Å². The summed E-state index contributed by atoms with van der Waals surface area (Å²) in [6.07, 6.45) is 0.700. The molecule has 0 unspecified atom stereocenters. The van der Waals surface area contributed by atoms with Gasteiger partial charge < -0.3 is 19.0 Å². The SMILES string of the molecule is CCOC(=O)c1cc(C)n(CC(=O)O[C@H](C)C(=O)c2c[nH]c3ccccc23)c1C. The van der Waals surface area contributed by atoms with Crippen LogP contribution in [0, 0.1) is 13.8 Å². The number of esters is 2. The molecule has 7 nitrogen and oxygen atoms in total. The van der Waals surface area contributed by atoms with E-state index in [0.29, 0.717) is 16.8 Å². The van der Waals surface area contributed by atoms with Crippen LogP contribution in [0.15, 0.2) is 36.5 Å². The van der Waals surface area contributed by atoms with Gasteiger partial charge in [-0.15, -0.1) is 0 Å². The van der Waals surface area contributed by atoms with Crippen molar-refractivity contribution in [1.82, 2.24) is 9.55 Å². The standard InChI is InChI=1S/C22H24N2O5/c1-5-28-22(27)17-10-13(2)24(14(17)3)12-20(25)29-15(4)21(26)18-11-23-19-9-7-6-8-16(18)19/h6-11,15,23H,5,12H2,1-4H3/t15-/m1/s1. The lowest BCUT2D eigenvalue weighted by molar-refractivity contribution is -0.147. The molecule has 0 spiro atoms. The number of ketones is 1. The zero-order valence-electron chi connectivity index (χ0n) is 16.9. The van der Waals surface area contributed by atoms with Gasteiger partial charge in [0, 0.05) is 34.1 Å². The number of hydrogen-bond acceptors (Lipinski definition) is 5. The minimum absolute atomic E-state index is 0.0947. The van der Waals surface area contributed by atoms with Crippen molar-refractivity contribution in [3.05, 3.63) is 59.0 Å². The first-order valence-corrected chi connectivity index (χ1v) is 9.47. The second-order valence-electron chi connectivity index (χ2n) is 6.84. The molecule has 2 heterocycles. The highest BCUT2D eigenvalue weighted by Gasteiger charge is 2.24. The summed E-state index contributed by atoms with van der Waals surface area (Å²) in [5.74, 6) is -1.25. The molecule has 7 heteroatoms. The molecule has 1 aromatic carbocycles. The lowest BCUT2D eigenvalue weighted by atomic mass is 10.1. The van der Waals surface area contributed by atoms with Gasteiger partial charge in [-0.25, -0.2) is 4.79 Å². The fourth-order valence-electron chi connectivity index (χ4n) is 3.37. The number of fused-ring (bicyclic) bond motifs is 1. The quantitative estimate of drug-likeness (QED) is 0.487. The number of carbonyl (C=O) groups excluding carboxylic acids is 3. The van der Waals surface area contributed by atoms with Gasteiger partial charge in [-0.05, 0) is 39.8 Å². The molecule has 1 N–H and O–H groups in total. The summed E-state index contributed by atoms with van der Waals surface area (Å²) in [5.41, 5.74) is 3.10. The number of Topliss-reactive ketones (excluding diaryl/α,β-unsaturated/α-hetero) is 1. The average Bonchev–Trinajstić information content (AvgIpc) is 3.24. The molecule has 0 radical (unpaired) electrons. The molecule has 3 aromatic rings. The van der Waals surface area contributed by atoms with Crippen LogP contribution in [0.25, 0.3) is 10.9 Å². The molecule has 0 aliphatic carbocycles. The molecular formula is C22H24N2O5. The highest BCUT2D eigenvalue weighted by molar-refractivity contribution is 6.10. The van der Waals surface area contributed by atoms with Crippen molar-refractivity contribution in [2.24, 2.45) is 0 Å². The number of nitrogens with one attached hydrogen (secondary N) is 1. The molecule has 2 aromatic heterocycles. The van der Waals surface area contributed by atoms with E-state index in [9.17, 15) is 14.4 Å². The summed E-state index contributed by atoms with van der Waals surface area (Å²) in [7, 11) is 0. The predicted molar refractivity (Wildman–Crippen MR) is 108 cm³/mol. The first-order valence-electron chi connectivity index (χ1n) is 9.47. The Bertz CT molecular complexity index is 1080. The fourth-order valence-corrected chi connectivity index (χ4v) is 3.37. The zero-order chi connectivity index (χ0) is 21.1. The zero-order valence-corrected chi connectivity index (χ0v) is 16.9. The van der Waals surface area contributed by atoms with Gasteiger partial charge in [0.05, 0.1) is 12.2 Å². The third-order valence-electron chi connectivity index (χ3n) is 4.89. The second-order valence-corrected chi connectivity index (χ2v) is 6.84. The highest BCUT2D eigenvalue weighted by Crippen LogP contribution is 2.20. The van der Waals surface area contributed by atoms with Gasteiger partial charge >= 0.3 is 11.9 Å². The predicted octanol–water partition coefficient (Wildman–Crippen LogP) is 3.58. The number of H-pyrrole nitrogens is 1. The number of ether oxygens (including phenoxy) is 2. The maximum Gasteiger partial charge on any atom is 0.339 e. The number of aromatic amines is 1. The van der Waals surface area contributed by atoms with Gasteiger partial charge in [0.15, 0.2) is 6.10 Å². The third-order valence-corrected chi connectivity index (χ3v) is 4.89. The van der Waals surface area contributed by atoms with Gasteiger partial charge in [-0.2, -0.15) is 0 Å². The monoisotopic (exact) mass is 396 g/mol. The van der Waals surface area contributed by atoms with Crippen molar-refractivity contribution < 1.29 is 23.9 Å². The number of aromatic nitrogens is 2. The summed E-state index contributed by atoms with van der Waals surface area (Å²) in [4.78, 5) is 40.3. The van der Waals surface area contributed by atoms with Gasteiger partial charge in [0.25, 0.3) is 0 Å². The largest absolute Gasteiger partial charge is 0.462 e. The maximum atomic E-state index is 12.7. The van der Waals surface area contributed by atoms with Gasteiger partial charge in [0.1, 0.15) is 6.54 Å². The molecular weight excluding hydrogens is 372 g/mol. The number of hydrogen-bond donors (Lipinski definition) is 1. The van der Waals surface area contributed by atoms with Gasteiger partial charge in [-0.3, -0.25) is 9.59 Å². The Hall–Kier alpha value is -3.35. The smallest absolute Gasteiger partial charge is 0.339 e. The van der Waals surface area contributed by atoms with Crippen molar-refractivity contribution in [2.45, 2.75) is 40.3 Å². The van der Waals surface area contributed by atoms with Crippen LogP contribution in [-0.2, 0) is 20.8 Å². The van der Waals surface area contributed by atoms with Crippen molar-refractivity contribution in [2.75, 3.05) is 6.61 Å². The molecule has 0 saturated carbocycles. The molecule has 0 saturated heterocycles. The Balaban J connectivity index is 1.71. The molecule has 0 bridgehead atoms. The molecule has 3 rings (SSSR count). The van der Waals surface area contributed by atoms with E-state index in [0.717, 1.165) is 16.6 Å². The van der Waals surface area contributed by atoms with Crippen LogP contribution in [0.5, 0.6) is 0 Å². The molecule has 0 fully saturated rings. The summed E-state index contributed by atoms with van der Waals surface area (Å²) >= 11 is 0. The van der Waals surface area contributed by atoms with Crippen LogP contribution in [0.4, 0.5) is 0 Å². The first-order chi connectivity index (χ1) is 13.8. The van der Waals surface area contributed by atoms with Crippen LogP contribution >= 0.6 is 0 Å². The molecule has 1 atom stereocenters. The van der Waals surface area contributed by atoms with E-state index < -0.39 is 18.0 Å². The lowest BCUT2D eigenvalue weighted by Crippen LogP contribution is -2.27. The molecule has 0 aliphatic heterocycles. The second kappa shape index (κ2) is 8.34. The van der Waals surface area contributed by atoms with Crippen molar-refractivity contribution in [3.63, 3.8) is 0 Å². The summed E-state index contributed by atoms with van der Waals surface area (Å²) in [5, 5.41) is 0.788. The molecule has 152 valence electrons. The minimum atomic E-state index is -0.928.